The van der Waals surface area contributed by atoms with Gasteiger partial charge in [-0.05, 0) is 5.56 Å². The van der Waals surface area contributed by atoms with E-state index in [9.17, 15) is 0 Å². The van der Waals surface area contributed by atoms with Gasteiger partial charge in [-0.15, -0.1) is 0 Å². The molecule has 0 saturated carbocycles. The van der Waals surface area contributed by atoms with E-state index in [4.69, 9.17) is 9.47 Å². The average molecular weight is 194 g/mol. The van der Waals surface area contributed by atoms with Gasteiger partial charge < -0.3 is 9.47 Å². The Morgan fingerprint density at radius 1 is 1.14 bits per heavy atom. The van der Waals surface area contributed by atoms with Gasteiger partial charge in [-0.3, -0.25) is 0 Å². The van der Waals surface area contributed by atoms with E-state index >= 15 is 0 Å². The first-order valence-electron chi connectivity index (χ1n) is 4.86. The molecule has 0 heterocycles. The zero-order valence-corrected chi connectivity index (χ0v) is 9.07. The van der Waals surface area contributed by atoms with Crippen LogP contribution in [-0.2, 0) is 9.47 Å². The van der Waals surface area contributed by atoms with Crippen molar-refractivity contribution in [3.8, 4) is 0 Å². The van der Waals surface area contributed by atoms with E-state index in [0.29, 0.717) is 12.5 Å². The Kier molecular flexibility index (Phi) is 4.63. The first kappa shape index (κ1) is 11.2. The number of ether oxygens (including phenoxy) is 2. The van der Waals surface area contributed by atoms with Crippen LogP contribution in [0.5, 0.6) is 0 Å². The number of rotatable bonds is 5. The lowest BCUT2D eigenvalue weighted by Gasteiger charge is -2.22. The van der Waals surface area contributed by atoms with Crippen LogP contribution in [0.3, 0.4) is 0 Å². The van der Waals surface area contributed by atoms with Crippen molar-refractivity contribution >= 4 is 0 Å². The van der Waals surface area contributed by atoms with Crippen molar-refractivity contribution in [2.45, 2.75) is 13.0 Å². The number of methoxy groups -OCH3 is 2. The molecule has 2 unspecified atom stereocenters. The fraction of sp³-hybridized carbons (Fsp3) is 0.500. The summed E-state index contributed by atoms with van der Waals surface area (Å²) in [6.07, 6.45) is 0.121. The third-order valence-electron chi connectivity index (χ3n) is 2.33. The Bertz CT molecular complexity index is 246. The second-order valence-electron chi connectivity index (χ2n) is 3.50. The summed E-state index contributed by atoms with van der Waals surface area (Å²) in [7, 11) is 3.46. The van der Waals surface area contributed by atoms with Crippen molar-refractivity contribution in [2.75, 3.05) is 20.8 Å². The molecule has 0 fully saturated rings. The van der Waals surface area contributed by atoms with Gasteiger partial charge >= 0.3 is 0 Å². The minimum absolute atomic E-state index is 0.121. The van der Waals surface area contributed by atoms with Crippen molar-refractivity contribution in [1.29, 1.82) is 0 Å². The van der Waals surface area contributed by atoms with Crippen molar-refractivity contribution in [2.24, 2.45) is 5.92 Å². The van der Waals surface area contributed by atoms with Crippen LogP contribution in [0.25, 0.3) is 0 Å². The van der Waals surface area contributed by atoms with Crippen LogP contribution in [0.15, 0.2) is 30.3 Å². The van der Waals surface area contributed by atoms with Crippen LogP contribution in [0.2, 0.25) is 0 Å². The van der Waals surface area contributed by atoms with Gasteiger partial charge in [0.25, 0.3) is 0 Å². The van der Waals surface area contributed by atoms with E-state index in [-0.39, 0.29) is 6.10 Å². The lowest BCUT2D eigenvalue weighted by molar-refractivity contribution is 0.0209. The molecule has 0 radical (unpaired) electrons. The Morgan fingerprint density at radius 3 is 2.29 bits per heavy atom. The second-order valence-corrected chi connectivity index (χ2v) is 3.50. The maximum absolute atomic E-state index is 5.47. The van der Waals surface area contributed by atoms with E-state index in [1.807, 2.05) is 18.2 Å². The van der Waals surface area contributed by atoms with Crippen LogP contribution in [0.4, 0.5) is 0 Å². The highest BCUT2D eigenvalue weighted by Crippen LogP contribution is 2.24. The first-order valence-corrected chi connectivity index (χ1v) is 4.86. The Morgan fingerprint density at radius 2 is 1.79 bits per heavy atom. The maximum atomic E-state index is 5.47. The van der Waals surface area contributed by atoms with E-state index in [1.165, 1.54) is 5.56 Å². The summed E-state index contributed by atoms with van der Waals surface area (Å²) in [5, 5.41) is 0. The Hall–Kier alpha value is -0.860. The van der Waals surface area contributed by atoms with Gasteiger partial charge in [-0.1, -0.05) is 37.3 Å². The van der Waals surface area contributed by atoms with Crippen LogP contribution in [0, 0.1) is 5.92 Å². The van der Waals surface area contributed by atoms with E-state index < -0.39 is 0 Å². The van der Waals surface area contributed by atoms with E-state index in [2.05, 4.69) is 19.1 Å². The summed E-state index contributed by atoms with van der Waals surface area (Å²) < 4.78 is 10.6. The van der Waals surface area contributed by atoms with Crippen LogP contribution < -0.4 is 0 Å². The molecule has 2 heteroatoms. The molecule has 2 nitrogen and oxygen atoms in total. The van der Waals surface area contributed by atoms with E-state index in [1.54, 1.807) is 14.2 Å². The average Bonchev–Trinajstić information content (AvgIpc) is 2.21. The molecule has 0 saturated heterocycles. The molecular formula is C12H18O2. The molecule has 0 amide bonds. The molecule has 1 rings (SSSR count). The highest BCUT2D eigenvalue weighted by Gasteiger charge is 2.17. The molecule has 0 aliphatic carbocycles. The van der Waals surface area contributed by atoms with Gasteiger partial charge in [0.2, 0.25) is 0 Å². The third-order valence-corrected chi connectivity index (χ3v) is 2.33. The molecule has 1 aromatic rings. The number of hydrogen-bond acceptors (Lipinski definition) is 2. The summed E-state index contributed by atoms with van der Waals surface area (Å²) >= 11 is 0. The second kappa shape index (κ2) is 5.78. The van der Waals surface area contributed by atoms with Crippen LogP contribution >= 0.6 is 0 Å². The molecule has 14 heavy (non-hydrogen) atoms. The fourth-order valence-electron chi connectivity index (χ4n) is 1.69. The van der Waals surface area contributed by atoms with Crippen molar-refractivity contribution < 1.29 is 9.47 Å². The van der Waals surface area contributed by atoms with Crippen LogP contribution in [-0.4, -0.2) is 20.8 Å². The zero-order chi connectivity index (χ0) is 10.4. The molecular weight excluding hydrogens is 176 g/mol. The molecule has 0 N–H and O–H groups in total. The zero-order valence-electron chi connectivity index (χ0n) is 9.07. The number of benzene rings is 1. The van der Waals surface area contributed by atoms with Gasteiger partial charge in [-0.2, -0.15) is 0 Å². The summed E-state index contributed by atoms with van der Waals surface area (Å²) in [5.41, 5.74) is 1.21. The van der Waals surface area contributed by atoms with Gasteiger partial charge in [0.1, 0.15) is 0 Å². The lowest BCUT2D eigenvalue weighted by atomic mass is 9.98. The third kappa shape index (κ3) is 2.82. The highest BCUT2D eigenvalue weighted by atomic mass is 16.5. The van der Waals surface area contributed by atoms with Crippen LogP contribution in [0.1, 0.15) is 18.6 Å². The minimum atomic E-state index is 0.121. The van der Waals surface area contributed by atoms with Crippen molar-refractivity contribution in [1.82, 2.24) is 0 Å². The smallest absolute Gasteiger partial charge is 0.0868 e. The lowest BCUT2D eigenvalue weighted by Crippen LogP contribution is -2.16. The van der Waals surface area contributed by atoms with Crippen molar-refractivity contribution in [3.05, 3.63) is 35.9 Å². The van der Waals surface area contributed by atoms with Gasteiger partial charge in [0, 0.05) is 20.1 Å². The normalized spacial score (nSPS) is 15.1. The van der Waals surface area contributed by atoms with Gasteiger partial charge in [0.15, 0.2) is 0 Å². The highest BCUT2D eigenvalue weighted by molar-refractivity contribution is 5.18. The molecule has 0 bridgehead atoms. The first-order chi connectivity index (χ1) is 6.79. The van der Waals surface area contributed by atoms with E-state index in [0.717, 1.165) is 0 Å². The molecule has 78 valence electrons. The molecule has 0 aromatic heterocycles. The Balaban J connectivity index is 2.71. The predicted molar refractivity (Wildman–Crippen MR) is 57.2 cm³/mol. The number of hydrogen-bond donors (Lipinski definition) is 0. The predicted octanol–water partition coefficient (Wildman–Crippen LogP) is 2.66. The van der Waals surface area contributed by atoms with Gasteiger partial charge in [-0.25, -0.2) is 0 Å². The summed E-state index contributed by atoms with van der Waals surface area (Å²) in [6, 6.07) is 10.2. The largest absolute Gasteiger partial charge is 0.384 e. The summed E-state index contributed by atoms with van der Waals surface area (Å²) in [5.74, 6) is 0.368. The molecule has 0 spiro atoms. The topological polar surface area (TPSA) is 18.5 Å². The maximum Gasteiger partial charge on any atom is 0.0868 e. The molecule has 0 aliphatic rings. The Labute approximate surface area is 85.8 Å². The molecule has 1 aromatic carbocycles. The standard InChI is InChI=1S/C12H18O2/c1-10(9-13-2)12(14-3)11-7-5-4-6-8-11/h4-8,10,12H,9H2,1-3H3. The summed E-state index contributed by atoms with van der Waals surface area (Å²) in [6.45, 7) is 2.85. The fourth-order valence-corrected chi connectivity index (χ4v) is 1.69. The SMILES string of the molecule is COCC(C)C(OC)c1ccccc1. The quantitative estimate of drug-likeness (QED) is 0.717. The monoisotopic (exact) mass is 194 g/mol. The minimum Gasteiger partial charge on any atom is -0.384 e. The van der Waals surface area contributed by atoms with Crippen molar-refractivity contribution in [3.63, 3.8) is 0 Å². The molecule has 0 aliphatic heterocycles. The van der Waals surface area contributed by atoms with Gasteiger partial charge in [0.05, 0.1) is 12.7 Å². The molecule has 2 atom stereocenters. The summed E-state index contributed by atoms with van der Waals surface area (Å²) in [4.78, 5) is 0.